The molecule has 3 heterocycles. The molecule has 2 aromatic heterocycles. The molecule has 5 heteroatoms. The van der Waals surface area contributed by atoms with Gasteiger partial charge in [-0.1, -0.05) is 0 Å². The van der Waals surface area contributed by atoms with Crippen molar-refractivity contribution in [2.45, 2.75) is 39.3 Å². The van der Waals surface area contributed by atoms with Crippen molar-refractivity contribution < 1.29 is 9.21 Å². The summed E-state index contributed by atoms with van der Waals surface area (Å²) in [5.41, 5.74) is 2.40. The molecular weight excluding hydrogens is 278 g/mol. The minimum atomic E-state index is -0.0483. The van der Waals surface area contributed by atoms with Gasteiger partial charge in [0.15, 0.2) is 0 Å². The third-order valence-electron chi connectivity index (χ3n) is 4.08. The van der Waals surface area contributed by atoms with Gasteiger partial charge in [0, 0.05) is 31.5 Å². The summed E-state index contributed by atoms with van der Waals surface area (Å²) in [4.78, 5) is 17.5. The van der Waals surface area contributed by atoms with Gasteiger partial charge in [-0.15, -0.1) is 0 Å². The lowest BCUT2D eigenvalue weighted by Crippen LogP contribution is -2.23. The summed E-state index contributed by atoms with van der Waals surface area (Å²) in [6.07, 6.45) is 5.96. The molecule has 0 saturated carbocycles. The Morgan fingerprint density at radius 2 is 2.32 bits per heavy atom. The Bertz CT molecular complexity index is 665. The number of nitrogens with one attached hydrogen (secondary N) is 1. The van der Waals surface area contributed by atoms with Gasteiger partial charge in [0.25, 0.3) is 0 Å². The predicted molar refractivity (Wildman–Crippen MR) is 84.5 cm³/mol. The minimum absolute atomic E-state index is 0.0483. The summed E-state index contributed by atoms with van der Waals surface area (Å²) in [7, 11) is 0. The molecule has 5 nitrogen and oxygen atoms in total. The molecule has 1 fully saturated rings. The monoisotopic (exact) mass is 299 g/mol. The van der Waals surface area contributed by atoms with E-state index < -0.39 is 0 Å². The SMILES string of the molecule is CC(=O)NCc1ccc(C2CCCN2c2ccncc2C)o1. The van der Waals surface area contributed by atoms with Gasteiger partial charge < -0.3 is 14.6 Å². The van der Waals surface area contributed by atoms with E-state index in [1.54, 1.807) is 0 Å². The topological polar surface area (TPSA) is 58.4 Å². The maximum absolute atomic E-state index is 11.0. The van der Waals surface area contributed by atoms with Crippen molar-refractivity contribution in [3.63, 3.8) is 0 Å². The first-order valence-corrected chi connectivity index (χ1v) is 7.65. The van der Waals surface area contributed by atoms with Crippen molar-refractivity contribution >= 4 is 11.6 Å². The van der Waals surface area contributed by atoms with Crippen molar-refractivity contribution in [3.8, 4) is 0 Å². The average Bonchev–Trinajstić information content (AvgIpc) is 3.14. The van der Waals surface area contributed by atoms with Crippen LogP contribution in [0.25, 0.3) is 0 Å². The molecule has 0 aliphatic carbocycles. The number of aromatic nitrogens is 1. The highest BCUT2D eigenvalue weighted by atomic mass is 16.3. The van der Waals surface area contributed by atoms with Crippen molar-refractivity contribution in [2.75, 3.05) is 11.4 Å². The van der Waals surface area contributed by atoms with Gasteiger partial charge in [-0.2, -0.15) is 0 Å². The molecule has 1 aliphatic rings. The zero-order valence-corrected chi connectivity index (χ0v) is 13.0. The lowest BCUT2D eigenvalue weighted by atomic mass is 10.1. The largest absolute Gasteiger partial charge is 0.462 e. The van der Waals surface area contributed by atoms with E-state index in [2.05, 4.69) is 28.2 Å². The zero-order valence-electron chi connectivity index (χ0n) is 13.0. The Morgan fingerprint density at radius 1 is 1.45 bits per heavy atom. The first kappa shape index (κ1) is 14.6. The third kappa shape index (κ3) is 2.98. The van der Waals surface area contributed by atoms with Crippen LogP contribution in [0.4, 0.5) is 5.69 Å². The number of pyridine rings is 1. The molecule has 0 spiro atoms. The maximum Gasteiger partial charge on any atom is 0.217 e. The van der Waals surface area contributed by atoms with E-state index in [0.717, 1.165) is 30.9 Å². The van der Waals surface area contributed by atoms with Crippen LogP contribution in [0.5, 0.6) is 0 Å². The third-order valence-corrected chi connectivity index (χ3v) is 4.08. The lowest BCUT2D eigenvalue weighted by Gasteiger charge is -2.26. The highest BCUT2D eigenvalue weighted by Gasteiger charge is 2.29. The Labute approximate surface area is 130 Å². The van der Waals surface area contributed by atoms with E-state index in [1.165, 1.54) is 18.2 Å². The molecule has 1 N–H and O–H groups in total. The molecule has 1 aliphatic heterocycles. The second-order valence-electron chi connectivity index (χ2n) is 5.73. The molecule has 2 aromatic rings. The standard InChI is InChI=1S/C17H21N3O2/c1-12-10-18-8-7-15(12)20-9-3-4-16(20)17-6-5-14(22-17)11-19-13(2)21/h5-8,10,16H,3-4,9,11H2,1-2H3,(H,19,21). The highest BCUT2D eigenvalue weighted by Crippen LogP contribution is 2.37. The summed E-state index contributed by atoms with van der Waals surface area (Å²) in [5.74, 6) is 1.71. The lowest BCUT2D eigenvalue weighted by molar-refractivity contribution is -0.119. The molecule has 22 heavy (non-hydrogen) atoms. The molecule has 1 atom stereocenters. The fourth-order valence-corrected chi connectivity index (χ4v) is 3.02. The molecule has 1 unspecified atom stereocenters. The normalized spacial score (nSPS) is 17.7. The van der Waals surface area contributed by atoms with E-state index in [0.29, 0.717) is 6.54 Å². The molecule has 0 radical (unpaired) electrons. The van der Waals surface area contributed by atoms with E-state index in [1.807, 2.05) is 24.5 Å². The maximum atomic E-state index is 11.0. The van der Waals surface area contributed by atoms with Crippen LogP contribution in [0.3, 0.4) is 0 Å². The Kier molecular flexibility index (Phi) is 4.13. The van der Waals surface area contributed by atoms with E-state index in [-0.39, 0.29) is 11.9 Å². The van der Waals surface area contributed by atoms with Crippen molar-refractivity contribution in [1.82, 2.24) is 10.3 Å². The molecular formula is C17H21N3O2. The first-order valence-electron chi connectivity index (χ1n) is 7.65. The summed E-state index contributed by atoms with van der Waals surface area (Å²) >= 11 is 0. The van der Waals surface area contributed by atoms with E-state index in [9.17, 15) is 4.79 Å². The average molecular weight is 299 g/mol. The van der Waals surface area contributed by atoms with Gasteiger partial charge in [-0.3, -0.25) is 9.78 Å². The molecule has 3 rings (SSSR count). The Balaban J connectivity index is 1.79. The van der Waals surface area contributed by atoms with Gasteiger partial charge >= 0.3 is 0 Å². The Hall–Kier alpha value is -2.30. The van der Waals surface area contributed by atoms with Crippen molar-refractivity contribution in [1.29, 1.82) is 0 Å². The second-order valence-corrected chi connectivity index (χ2v) is 5.73. The highest BCUT2D eigenvalue weighted by molar-refractivity contribution is 5.72. The number of carbonyl (C=O) groups is 1. The van der Waals surface area contributed by atoms with Crippen LogP contribution < -0.4 is 10.2 Å². The van der Waals surface area contributed by atoms with Gasteiger partial charge in [-0.25, -0.2) is 0 Å². The predicted octanol–water partition coefficient (Wildman–Crippen LogP) is 2.96. The minimum Gasteiger partial charge on any atom is -0.462 e. The van der Waals surface area contributed by atoms with Crippen LogP contribution in [-0.2, 0) is 11.3 Å². The van der Waals surface area contributed by atoms with Crippen LogP contribution in [0, 0.1) is 6.92 Å². The number of rotatable bonds is 4. The van der Waals surface area contributed by atoms with Gasteiger partial charge in [0.1, 0.15) is 11.5 Å². The molecule has 116 valence electrons. The second kappa shape index (κ2) is 6.22. The summed E-state index contributed by atoms with van der Waals surface area (Å²) in [6, 6.07) is 6.29. The quantitative estimate of drug-likeness (QED) is 0.943. The van der Waals surface area contributed by atoms with Crippen molar-refractivity contribution in [2.24, 2.45) is 0 Å². The zero-order chi connectivity index (χ0) is 15.5. The molecule has 1 amide bonds. The molecule has 1 saturated heterocycles. The molecule has 0 aromatic carbocycles. The van der Waals surface area contributed by atoms with Crippen LogP contribution >= 0.6 is 0 Å². The van der Waals surface area contributed by atoms with Crippen LogP contribution in [0.1, 0.15) is 42.9 Å². The first-order chi connectivity index (χ1) is 10.6. The van der Waals surface area contributed by atoms with Crippen molar-refractivity contribution in [3.05, 3.63) is 47.7 Å². The van der Waals surface area contributed by atoms with E-state index in [4.69, 9.17) is 4.42 Å². The van der Waals surface area contributed by atoms with Gasteiger partial charge in [0.05, 0.1) is 12.6 Å². The summed E-state index contributed by atoms with van der Waals surface area (Å²) < 4.78 is 5.94. The van der Waals surface area contributed by atoms with E-state index >= 15 is 0 Å². The van der Waals surface area contributed by atoms with Gasteiger partial charge in [-0.05, 0) is 43.5 Å². The number of aryl methyl sites for hydroxylation is 1. The summed E-state index contributed by atoms with van der Waals surface area (Å²) in [6.45, 7) is 5.06. The van der Waals surface area contributed by atoms with Crippen LogP contribution in [0.15, 0.2) is 35.0 Å². The molecule has 0 bridgehead atoms. The van der Waals surface area contributed by atoms with Crippen LogP contribution in [0.2, 0.25) is 0 Å². The number of hydrogen-bond donors (Lipinski definition) is 1. The number of furan rings is 1. The van der Waals surface area contributed by atoms with Crippen LogP contribution in [-0.4, -0.2) is 17.4 Å². The fraction of sp³-hybridized carbons (Fsp3) is 0.412. The number of amides is 1. The number of nitrogens with zero attached hydrogens (tertiary/aromatic N) is 2. The van der Waals surface area contributed by atoms with Gasteiger partial charge in [0.2, 0.25) is 5.91 Å². The Morgan fingerprint density at radius 3 is 3.09 bits per heavy atom. The fourth-order valence-electron chi connectivity index (χ4n) is 3.02. The number of carbonyl (C=O) groups excluding carboxylic acids is 1. The summed E-state index contributed by atoms with van der Waals surface area (Å²) in [5, 5.41) is 2.76. The smallest absolute Gasteiger partial charge is 0.217 e. The number of anilines is 1. The number of hydrogen-bond acceptors (Lipinski definition) is 4.